The Balaban J connectivity index is 1.30. The number of nitrogens with one attached hydrogen (secondary N) is 2. The van der Waals surface area contributed by atoms with Crippen LogP contribution in [0.5, 0.6) is 0 Å². The molecule has 3 fully saturated rings. The van der Waals surface area contributed by atoms with Gasteiger partial charge < -0.3 is 29.4 Å². The largest absolute Gasteiger partial charge is 0.462 e. The lowest BCUT2D eigenvalue weighted by Crippen LogP contribution is -2.41. The summed E-state index contributed by atoms with van der Waals surface area (Å²) in [5.74, 6) is -0.255. The summed E-state index contributed by atoms with van der Waals surface area (Å²) >= 11 is 0. The Hall–Kier alpha value is -3.28. The maximum Gasteiger partial charge on any atom is 0.255 e. The van der Waals surface area contributed by atoms with Crippen LogP contribution in [0.2, 0.25) is 0 Å². The van der Waals surface area contributed by atoms with Crippen molar-refractivity contribution < 1.29 is 27.5 Å². The Morgan fingerprint density at radius 2 is 1.85 bits per heavy atom. The SMILES string of the molecule is C[C@@H]1CN(c2cc(C(=O)Nc3ccc(NS(=O)(=O)[C@H](C)CO)cc3N3CCC4(CC3)CC4)cc3ccoc23)CCO1. The molecular formula is C30H38N4O6S. The molecule has 11 heteroatoms. The van der Waals surface area contributed by atoms with E-state index in [0.29, 0.717) is 42.0 Å². The van der Waals surface area contributed by atoms with Gasteiger partial charge in [0.2, 0.25) is 10.0 Å². The third-order valence-corrected chi connectivity index (χ3v) is 10.5. The first-order chi connectivity index (χ1) is 19.7. The minimum absolute atomic E-state index is 0.0735. The Morgan fingerprint density at radius 3 is 2.56 bits per heavy atom. The summed E-state index contributed by atoms with van der Waals surface area (Å²) in [6, 6.07) is 10.7. The van der Waals surface area contributed by atoms with E-state index in [1.54, 1.807) is 24.5 Å². The number of anilines is 4. The molecule has 0 radical (unpaired) electrons. The molecule has 3 N–H and O–H groups in total. The smallest absolute Gasteiger partial charge is 0.255 e. The zero-order chi connectivity index (χ0) is 28.8. The molecule has 0 unspecified atom stereocenters. The molecule has 0 bridgehead atoms. The number of piperidine rings is 1. The number of benzene rings is 2. The van der Waals surface area contributed by atoms with E-state index in [1.165, 1.54) is 19.8 Å². The number of aliphatic hydroxyl groups is 1. The molecule has 6 rings (SSSR count). The summed E-state index contributed by atoms with van der Waals surface area (Å²) in [5.41, 5.74) is 4.37. The van der Waals surface area contributed by atoms with Crippen molar-refractivity contribution in [1.82, 2.24) is 0 Å². The lowest BCUT2D eigenvalue weighted by molar-refractivity contribution is 0.0532. The fourth-order valence-electron chi connectivity index (χ4n) is 5.88. The van der Waals surface area contributed by atoms with E-state index in [0.717, 1.165) is 48.3 Å². The average molecular weight is 583 g/mol. The number of carbonyl (C=O) groups excluding carboxylic acids is 1. The Kier molecular flexibility index (Phi) is 7.37. The van der Waals surface area contributed by atoms with Crippen molar-refractivity contribution in [3.05, 3.63) is 48.2 Å². The van der Waals surface area contributed by atoms with Gasteiger partial charge in [-0.1, -0.05) is 0 Å². The number of furan rings is 1. The predicted octanol–water partition coefficient (Wildman–Crippen LogP) is 4.41. The number of morpholine rings is 1. The number of hydrogen-bond acceptors (Lipinski definition) is 8. The van der Waals surface area contributed by atoms with Crippen molar-refractivity contribution in [2.45, 2.75) is 50.9 Å². The molecular weight excluding hydrogens is 544 g/mol. The summed E-state index contributed by atoms with van der Waals surface area (Å²) in [5, 5.41) is 12.4. The van der Waals surface area contributed by atoms with Gasteiger partial charge in [-0.05, 0) is 81.3 Å². The predicted molar refractivity (Wildman–Crippen MR) is 160 cm³/mol. The van der Waals surface area contributed by atoms with Gasteiger partial charge in [0.1, 0.15) is 5.25 Å². The van der Waals surface area contributed by atoms with Crippen molar-refractivity contribution in [3.8, 4) is 0 Å². The van der Waals surface area contributed by atoms with E-state index in [4.69, 9.17) is 9.15 Å². The van der Waals surface area contributed by atoms with Crippen molar-refractivity contribution in [1.29, 1.82) is 0 Å². The topological polar surface area (TPSA) is 124 Å². The molecule has 3 heterocycles. The average Bonchev–Trinajstić information content (AvgIpc) is 3.53. The van der Waals surface area contributed by atoms with Gasteiger partial charge in [0.15, 0.2) is 5.58 Å². The second-order valence-electron chi connectivity index (χ2n) is 11.8. The molecule has 2 saturated heterocycles. The van der Waals surface area contributed by atoms with Crippen molar-refractivity contribution in [2.75, 3.05) is 59.2 Å². The molecule has 2 atom stereocenters. The first-order valence-corrected chi connectivity index (χ1v) is 15.9. The van der Waals surface area contributed by atoms with Gasteiger partial charge in [0.05, 0.1) is 48.3 Å². The first-order valence-electron chi connectivity index (χ1n) is 14.4. The van der Waals surface area contributed by atoms with Gasteiger partial charge >= 0.3 is 0 Å². The van der Waals surface area contributed by atoms with E-state index in [1.807, 2.05) is 25.1 Å². The standard InChI is InChI=1S/C30H38N4O6S/c1-20-18-34(12-14-39-20)27-16-23(15-22-5-13-40-28(22)27)29(36)31-25-4-3-24(32-41(37,38)21(2)19-35)17-26(25)33-10-8-30(6-7-30)9-11-33/h3-5,13,15-17,20-21,32,35H,6-12,14,18-19H2,1-2H3,(H,31,36)/t20-,21-/m1/s1. The molecule has 3 aromatic rings. The maximum atomic E-state index is 13.7. The summed E-state index contributed by atoms with van der Waals surface area (Å²) < 4.78 is 39.4. The highest BCUT2D eigenvalue weighted by Gasteiger charge is 2.44. The van der Waals surface area contributed by atoms with Gasteiger partial charge in [-0.3, -0.25) is 9.52 Å². The molecule has 3 aliphatic rings. The molecule has 1 amide bonds. The summed E-state index contributed by atoms with van der Waals surface area (Å²) in [4.78, 5) is 18.1. The number of fused-ring (bicyclic) bond motifs is 1. The Labute approximate surface area is 240 Å². The normalized spacial score (nSPS) is 21.2. The van der Waals surface area contributed by atoms with E-state index >= 15 is 0 Å². The van der Waals surface area contributed by atoms with Crippen LogP contribution in [0.4, 0.5) is 22.7 Å². The van der Waals surface area contributed by atoms with Crippen LogP contribution in [-0.2, 0) is 14.8 Å². The van der Waals surface area contributed by atoms with Crippen LogP contribution in [0.25, 0.3) is 11.0 Å². The molecule has 41 heavy (non-hydrogen) atoms. The number of carbonyl (C=O) groups is 1. The zero-order valence-electron chi connectivity index (χ0n) is 23.6. The molecule has 10 nitrogen and oxygen atoms in total. The molecule has 2 aromatic carbocycles. The highest BCUT2D eigenvalue weighted by molar-refractivity contribution is 7.93. The Bertz CT molecular complexity index is 1540. The summed E-state index contributed by atoms with van der Waals surface area (Å²) in [6.45, 7) is 6.71. The van der Waals surface area contributed by atoms with Crippen LogP contribution >= 0.6 is 0 Å². The first kappa shape index (κ1) is 27.9. The van der Waals surface area contributed by atoms with Gasteiger partial charge in [-0.25, -0.2) is 8.42 Å². The van der Waals surface area contributed by atoms with Gasteiger partial charge in [0, 0.05) is 37.1 Å². The lowest BCUT2D eigenvalue weighted by atomic mass is 9.93. The van der Waals surface area contributed by atoms with Crippen LogP contribution in [-0.4, -0.2) is 70.2 Å². The third-order valence-electron chi connectivity index (χ3n) is 8.79. The molecule has 1 aromatic heterocycles. The second kappa shape index (κ2) is 10.8. The zero-order valence-corrected chi connectivity index (χ0v) is 24.4. The van der Waals surface area contributed by atoms with Crippen LogP contribution in [0.1, 0.15) is 49.9 Å². The third kappa shape index (κ3) is 5.75. The molecule has 1 spiro atoms. The van der Waals surface area contributed by atoms with Crippen LogP contribution in [0.15, 0.2) is 47.1 Å². The van der Waals surface area contributed by atoms with Crippen molar-refractivity contribution in [3.63, 3.8) is 0 Å². The minimum Gasteiger partial charge on any atom is -0.462 e. The minimum atomic E-state index is -3.76. The van der Waals surface area contributed by atoms with Crippen LogP contribution in [0, 0.1) is 5.41 Å². The van der Waals surface area contributed by atoms with Crippen LogP contribution < -0.4 is 19.8 Å². The fraction of sp³-hybridized carbons (Fsp3) is 0.500. The highest BCUT2D eigenvalue weighted by Crippen LogP contribution is 2.54. The Morgan fingerprint density at radius 1 is 1.07 bits per heavy atom. The van der Waals surface area contributed by atoms with E-state index in [-0.39, 0.29) is 12.0 Å². The number of ether oxygens (including phenoxy) is 1. The van der Waals surface area contributed by atoms with Crippen LogP contribution in [0.3, 0.4) is 0 Å². The maximum absolute atomic E-state index is 13.7. The monoisotopic (exact) mass is 582 g/mol. The van der Waals surface area contributed by atoms with E-state index in [2.05, 4.69) is 19.8 Å². The van der Waals surface area contributed by atoms with Crippen molar-refractivity contribution >= 4 is 49.6 Å². The van der Waals surface area contributed by atoms with E-state index < -0.39 is 21.9 Å². The molecule has 220 valence electrons. The number of hydrogen-bond donors (Lipinski definition) is 3. The lowest BCUT2D eigenvalue weighted by Gasteiger charge is -2.35. The quantitative estimate of drug-likeness (QED) is 0.357. The number of aliphatic hydroxyl groups excluding tert-OH is 1. The number of nitrogens with zero attached hydrogens (tertiary/aromatic N) is 2. The second-order valence-corrected chi connectivity index (χ2v) is 13.9. The van der Waals surface area contributed by atoms with Gasteiger partial charge in [-0.15, -0.1) is 0 Å². The number of sulfonamides is 1. The molecule has 1 aliphatic carbocycles. The molecule has 2 aliphatic heterocycles. The fourth-order valence-corrected chi connectivity index (χ4v) is 6.74. The highest BCUT2D eigenvalue weighted by atomic mass is 32.2. The van der Waals surface area contributed by atoms with Gasteiger partial charge in [0.25, 0.3) is 5.91 Å². The summed E-state index contributed by atoms with van der Waals surface area (Å²) in [7, 11) is -3.76. The van der Waals surface area contributed by atoms with E-state index in [9.17, 15) is 18.3 Å². The molecule has 1 saturated carbocycles. The number of amides is 1. The summed E-state index contributed by atoms with van der Waals surface area (Å²) in [6.07, 6.45) is 6.41. The van der Waals surface area contributed by atoms with Crippen molar-refractivity contribution in [2.24, 2.45) is 5.41 Å². The number of rotatable bonds is 8. The van der Waals surface area contributed by atoms with Gasteiger partial charge in [-0.2, -0.15) is 0 Å².